The van der Waals surface area contributed by atoms with E-state index in [0.29, 0.717) is 10.7 Å². The van der Waals surface area contributed by atoms with Crippen molar-refractivity contribution in [3.05, 3.63) is 82.4 Å². The Kier molecular flexibility index (Phi) is 6.25. The van der Waals surface area contributed by atoms with E-state index < -0.39 is 10.1 Å². The highest BCUT2D eigenvalue weighted by molar-refractivity contribution is 7.87. The molecule has 0 bridgehead atoms. The van der Waals surface area contributed by atoms with Gasteiger partial charge in [0.2, 0.25) is 0 Å². The molecule has 0 atom stereocenters. The monoisotopic (exact) mass is 429 g/mol. The number of aliphatic imine (C=N–C) groups is 1. The number of benzene rings is 3. The summed E-state index contributed by atoms with van der Waals surface area (Å²) in [4.78, 5) is 4.47. The molecule has 0 N–H and O–H groups in total. The molecule has 0 heterocycles. The van der Waals surface area contributed by atoms with Gasteiger partial charge in [-0.25, -0.2) is 0 Å². The van der Waals surface area contributed by atoms with Crippen molar-refractivity contribution in [1.29, 1.82) is 0 Å². The van der Waals surface area contributed by atoms with E-state index in [1.54, 1.807) is 36.5 Å². The predicted octanol–water partition coefficient (Wildman–Crippen LogP) is 5.48. The van der Waals surface area contributed by atoms with Gasteiger partial charge in [0, 0.05) is 11.2 Å². The first kappa shape index (κ1) is 20.9. The Bertz CT molecular complexity index is 1160. The summed E-state index contributed by atoms with van der Waals surface area (Å²) < 4.78 is 35.6. The molecular formula is C22H20ClNO4S. The molecule has 3 aromatic carbocycles. The molecular weight excluding hydrogens is 410 g/mol. The molecule has 5 nitrogen and oxygen atoms in total. The number of hydrogen-bond donors (Lipinski definition) is 0. The van der Waals surface area contributed by atoms with Gasteiger partial charge in [0.1, 0.15) is 4.90 Å². The van der Waals surface area contributed by atoms with Crippen LogP contribution in [0.25, 0.3) is 0 Å². The third-order valence-corrected chi connectivity index (χ3v) is 5.87. The summed E-state index contributed by atoms with van der Waals surface area (Å²) in [5, 5.41) is 0.641. The van der Waals surface area contributed by atoms with Crippen LogP contribution in [0.5, 0.6) is 11.5 Å². The molecule has 0 fully saturated rings. The van der Waals surface area contributed by atoms with E-state index in [4.69, 9.17) is 20.5 Å². The van der Waals surface area contributed by atoms with Gasteiger partial charge in [-0.3, -0.25) is 4.99 Å². The van der Waals surface area contributed by atoms with Crippen molar-refractivity contribution in [3.8, 4) is 11.5 Å². The molecule has 3 rings (SSSR count). The molecule has 0 aromatic heterocycles. The van der Waals surface area contributed by atoms with E-state index in [9.17, 15) is 8.42 Å². The van der Waals surface area contributed by atoms with Gasteiger partial charge in [0.05, 0.1) is 12.8 Å². The summed E-state index contributed by atoms with van der Waals surface area (Å²) in [5.41, 5.74) is 3.36. The SMILES string of the molecule is COc1cc(C=Nc2ccc(C)c(Cl)c2)ccc1OS(=O)(=O)c1ccc(C)cc1. The number of hydrogen-bond acceptors (Lipinski definition) is 5. The standard InChI is InChI=1S/C22H20ClNO4S/c1-15-4-9-19(10-5-15)29(25,26)28-21-11-7-17(12-22(21)27-3)14-24-18-8-6-16(2)20(23)13-18/h4-14H,1-3H3. The Morgan fingerprint density at radius 1 is 0.931 bits per heavy atom. The lowest BCUT2D eigenvalue weighted by molar-refractivity contribution is 0.390. The van der Waals surface area contributed by atoms with Crippen LogP contribution in [0.4, 0.5) is 5.69 Å². The fraction of sp³-hybridized carbons (Fsp3) is 0.136. The maximum absolute atomic E-state index is 12.5. The zero-order valence-corrected chi connectivity index (χ0v) is 17.8. The number of aryl methyl sites for hydroxylation is 2. The minimum atomic E-state index is -3.97. The van der Waals surface area contributed by atoms with Gasteiger partial charge in [0.15, 0.2) is 11.5 Å². The second-order valence-electron chi connectivity index (χ2n) is 6.45. The Balaban J connectivity index is 1.84. The molecule has 0 spiro atoms. The minimum absolute atomic E-state index is 0.0760. The molecule has 0 radical (unpaired) electrons. The van der Waals surface area contributed by atoms with E-state index in [1.165, 1.54) is 25.3 Å². The number of halogens is 1. The van der Waals surface area contributed by atoms with Crippen molar-refractivity contribution in [3.63, 3.8) is 0 Å². The van der Waals surface area contributed by atoms with Crippen LogP contribution in [0.3, 0.4) is 0 Å². The van der Waals surface area contributed by atoms with Crippen LogP contribution in [0.1, 0.15) is 16.7 Å². The first-order chi connectivity index (χ1) is 13.8. The summed E-state index contributed by atoms with van der Waals surface area (Å²) >= 11 is 6.12. The van der Waals surface area contributed by atoms with Crippen molar-refractivity contribution in [2.75, 3.05) is 7.11 Å². The van der Waals surface area contributed by atoms with Crippen molar-refractivity contribution in [2.45, 2.75) is 18.7 Å². The van der Waals surface area contributed by atoms with Crippen molar-refractivity contribution in [2.24, 2.45) is 4.99 Å². The fourth-order valence-corrected chi connectivity index (χ4v) is 3.63. The predicted molar refractivity (Wildman–Crippen MR) is 115 cm³/mol. The Hall–Kier alpha value is -2.83. The summed E-state index contributed by atoms with van der Waals surface area (Å²) in [6.07, 6.45) is 1.64. The largest absolute Gasteiger partial charge is 0.493 e. The second-order valence-corrected chi connectivity index (χ2v) is 8.41. The van der Waals surface area contributed by atoms with Crippen molar-refractivity contribution >= 4 is 33.6 Å². The molecule has 0 saturated heterocycles. The van der Waals surface area contributed by atoms with Gasteiger partial charge in [-0.1, -0.05) is 35.4 Å². The lowest BCUT2D eigenvalue weighted by Crippen LogP contribution is -2.10. The van der Waals surface area contributed by atoms with E-state index in [1.807, 2.05) is 26.0 Å². The quantitative estimate of drug-likeness (QED) is 0.384. The van der Waals surface area contributed by atoms with E-state index in [0.717, 1.165) is 16.7 Å². The zero-order chi connectivity index (χ0) is 21.0. The zero-order valence-electron chi connectivity index (χ0n) is 16.2. The van der Waals surface area contributed by atoms with Crippen LogP contribution >= 0.6 is 11.6 Å². The molecule has 0 aliphatic heterocycles. The molecule has 0 aliphatic carbocycles. The molecule has 150 valence electrons. The topological polar surface area (TPSA) is 65.0 Å². The first-order valence-electron chi connectivity index (χ1n) is 8.78. The van der Waals surface area contributed by atoms with Crippen molar-refractivity contribution in [1.82, 2.24) is 0 Å². The molecule has 7 heteroatoms. The van der Waals surface area contributed by atoms with Crippen LogP contribution in [0.2, 0.25) is 5.02 Å². The van der Waals surface area contributed by atoms with E-state index >= 15 is 0 Å². The van der Waals surface area contributed by atoms with E-state index in [2.05, 4.69) is 4.99 Å². The molecule has 29 heavy (non-hydrogen) atoms. The van der Waals surface area contributed by atoms with Crippen molar-refractivity contribution < 1.29 is 17.3 Å². The summed E-state index contributed by atoms with van der Waals surface area (Å²) in [6.45, 7) is 3.80. The van der Waals surface area contributed by atoms with Gasteiger partial charge in [-0.05, 0) is 67.4 Å². The second kappa shape index (κ2) is 8.68. The number of nitrogens with zero attached hydrogens (tertiary/aromatic N) is 1. The molecule has 3 aromatic rings. The number of rotatable bonds is 6. The summed E-state index contributed by atoms with van der Waals surface area (Å²) in [7, 11) is -2.52. The normalized spacial score (nSPS) is 11.6. The average Bonchev–Trinajstić information content (AvgIpc) is 2.69. The number of ether oxygens (including phenoxy) is 1. The lowest BCUT2D eigenvalue weighted by atomic mass is 10.2. The van der Waals surface area contributed by atoms with Crippen LogP contribution in [-0.4, -0.2) is 21.7 Å². The Morgan fingerprint density at radius 2 is 1.66 bits per heavy atom. The lowest BCUT2D eigenvalue weighted by Gasteiger charge is -2.11. The highest BCUT2D eigenvalue weighted by Crippen LogP contribution is 2.31. The fourth-order valence-electron chi connectivity index (χ4n) is 2.52. The summed E-state index contributed by atoms with van der Waals surface area (Å²) in [5.74, 6) is 0.384. The summed E-state index contributed by atoms with van der Waals surface area (Å²) in [6, 6.07) is 16.8. The maximum atomic E-state index is 12.5. The third-order valence-electron chi connectivity index (χ3n) is 4.21. The maximum Gasteiger partial charge on any atom is 0.339 e. The van der Waals surface area contributed by atoms with E-state index in [-0.39, 0.29) is 16.4 Å². The number of methoxy groups -OCH3 is 1. The Labute approximate surface area is 175 Å². The first-order valence-corrected chi connectivity index (χ1v) is 10.6. The minimum Gasteiger partial charge on any atom is -0.493 e. The molecule has 0 aliphatic rings. The Morgan fingerprint density at radius 3 is 2.31 bits per heavy atom. The van der Waals surface area contributed by atoms with Gasteiger partial charge < -0.3 is 8.92 Å². The molecule has 0 unspecified atom stereocenters. The third kappa shape index (κ3) is 5.16. The molecule has 0 saturated carbocycles. The van der Waals surface area contributed by atoms with Crippen LogP contribution < -0.4 is 8.92 Å². The van der Waals surface area contributed by atoms with Gasteiger partial charge >= 0.3 is 10.1 Å². The van der Waals surface area contributed by atoms with Crippen LogP contribution in [0, 0.1) is 13.8 Å². The van der Waals surface area contributed by atoms with Gasteiger partial charge in [0.25, 0.3) is 0 Å². The average molecular weight is 430 g/mol. The highest BCUT2D eigenvalue weighted by atomic mass is 35.5. The van der Waals surface area contributed by atoms with Crippen LogP contribution in [0.15, 0.2) is 70.6 Å². The molecule has 0 amide bonds. The van der Waals surface area contributed by atoms with Gasteiger partial charge in [-0.2, -0.15) is 8.42 Å². The van der Waals surface area contributed by atoms with Crippen LogP contribution in [-0.2, 0) is 10.1 Å². The smallest absolute Gasteiger partial charge is 0.339 e. The van der Waals surface area contributed by atoms with Gasteiger partial charge in [-0.15, -0.1) is 0 Å². The highest BCUT2D eigenvalue weighted by Gasteiger charge is 2.19.